The molecule has 0 spiro atoms. The van der Waals surface area contributed by atoms with E-state index in [0.29, 0.717) is 12.3 Å². The van der Waals surface area contributed by atoms with Gasteiger partial charge in [0.05, 0.1) is 6.04 Å². The van der Waals surface area contributed by atoms with Gasteiger partial charge in [0.25, 0.3) is 5.56 Å². The highest BCUT2D eigenvalue weighted by Gasteiger charge is 2.29. The van der Waals surface area contributed by atoms with Crippen molar-refractivity contribution in [1.29, 1.82) is 0 Å². The van der Waals surface area contributed by atoms with Crippen molar-refractivity contribution in [2.45, 2.75) is 38.8 Å². The van der Waals surface area contributed by atoms with E-state index in [1.165, 1.54) is 4.40 Å². The number of aromatic nitrogens is 5. The number of rotatable bonds is 3. The molecule has 4 rings (SSSR count). The van der Waals surface area contributed by atoms with E-state index in [4.69, 9.17) is 0 Å². The molecule has 0 aliphatic carbocycles. The van der Waals surface area contributed by atoms with Crippen LogP contribution in [-0.4, -0.2) is 41.3 Å². The summed E-state index contributed by atoms with van der Waals surface area (Å²) in [7, 11) is 0. The van der Waals surface area contributed by atoms with Crippen molar-refractivity contribution in [2.24, 2.45) is 0 Å². The molecule has 0 saturated carbocycles. The van der Waals surface area contributed by atoms with Gasteiger partial charge in [0.1, 0.15) is 12.4 Å². The predicted molar refractivity (Wildman–Crippen MR) is 91.1 cm³/mol. The minimum Gasteiger partial charge on any atom is -0.333 e. The number of carbonyl (C=O) groups excluding carboxylic acids is 1. The van der Waals surface area contributed by atoms with Crippen LogP contribution in [0.2, 0.25) is 0 Å². The lowest BCUT2D eigenvalue weighted by Gasteiger charge is -2.36. The standard InChI is InChI=1S/C17H20N6O2/c1-12-18-5-8-21(12)11-16(25)22-7-3-2-4-14(22)13-10-15(24)23-9-6-19-17(23)20-13/h5-6,8-10,14H,2-4,7,11H2,1H3,(H,19,20)/t14-/m1/s1. The summed E-state index contributed by atoms with van der Waals surface area (Å²) >= 11 is 0. The van der Waals surface area contributed by atoms with Gasteiger partial charge >= 0.3 is 0 Å². The number of hydrogen-bond acceptors (Lipinski definition) is 4. The van der Waals surface area contributed by atoms with Crippen molar-refractivity contribution in [3.63, 3.8) is 0 Å². The van der Waals surface area contributed by atoms with E-state index in [-0.39, 0.29) is 24.1 Å². The van der Waals surface area contributed by atoms with Crippen molar-refractivity contribution in [3.8, 4) is 0 Å². The lowest BCUT2D eigenvalue weighted by atomic mass is 9.99. The number of H-pyrrole nitrogens is 1. The van der Waals surface area contributed by atoms with E-state index in [1.54, 1.807) is 24.7 Å². The number of likely N-dealkylation sites (tertiary alicyclic amines) is 1. The zero-order chi connectivity index (χ0) is 17.4. The average molecular weight is 340 g/mol. The predicted octanol–water partition coefficient (Wildman–Crippen LogP) is 1.28. The number of aromatic amines is 1. The Labute approximate surface area is 144 Å². The van der Waals surface area contributed by atoms with E-state index in [0.717, 1.165) is 30.8 Å². The van der Waals surface area contributed by atoms with Crippen LogP contribution in [-0.2, 0) is 11.3 Å². The third-order valence-electron chi connectivity index (χ3n) is 4.82. The maximum absolute atomic E-state index is 12.9. The molecule has 25 heavy (non-hydrogen) atoms. The second-order valence-corrected chi connectivity index (χ2v) is 6.38. The number of hydrogen-bond donors (Lipinski definition) is 1. The molecule has 1 amide bonds. The van der Waals surface area contributed by atoms with Gasteiger partial charge in [-0.25, -0.2) is 9.97 Å². The number of amides is 1. The number of nitrogens with zero attached hydrogens (tertiary/aromatic N) is 5. The van der Waals surface area contributed by atoms with Crippen LogP contribution in [0.15, 0.2) is 35.6 Å². The molecule has 4 heterocycles. The van der Waals surface area contributed by atoms with Crippen LogP contribution in [0.1, 0.15) is 36.8 Å². The van der Waals surface area contributed by atoms with Gasteiger partial charge in [-0.1, -0.05) is 0 Å². The summed E-state index contributed by atoms with van der Waals surface area (Å²) in [5.74, 6) is 1.36. The van der Waals surface area contributed by atoms with Crippen LogP contribution in [0.25, 0.3) is 5.78 Å². The maximum atomic E-state index is 12.9. The number of piperidine rings is 1. The molecule has 0 aromatic carbocycles. The molecular weight excluding hydrogens is 320 g/mol. The Morgan fingerprint density at radius 1 is 1.28 bits per heavy atom. The van der Waals surface area contributed by atoms with Gasteiger partial charge in [-0.15, -0.1) is 0 Å². The normalized spacial score (nSPS) is 18.0. The van der Waals surface area contributed by atoms with Gasteiger partial charge < -0.3 is 14.5 Å². The fourth-order valence-electron chi connectivity index (χ4n) is 3.48. The molecule has 130 valence electrons. The number of nitrogens with one attached hydrogen (secondary N) is 1. The van der Waals surface area contributed by atoms with Crippen LogP contribution < -0.4 is 5.56 Å². The molecule has 0 unspecified atom stereocenters. The Bertz CT molecular complexity index is 969. The maximum Gasteiger partial charge on any atom is 0.259 e. The molecule has 1 aliphatic heterocycles. The van der Waals surface area contributed by atoms with Gasteiger partial charge in [0.2, 0.25) is 11.7 Å². The molecule has 1 saturated heterocycles. The minimum absolute atomic E-state index is 0.0369. The third kappa shape index (κ3) is 2.84. The van der Waals surface area contributed by atoms with Crippen LogP contribution in [0, 0.1) is 6.92 Å². The summed E-state index contributed by atoms with van der Waals surface area (Å²) in [5, 5.41) is 0. The van der Waals surface area contributed by atoms with E-state index in [9.17, 15) is 9.59 Å². The van der Waals surface area contributed by atoms with Gasteiger partial charge in [-0.05, 0) is 26.2 Å². The quantitative estimate of drug-likeness (QED) is 0.778. The Balaban J connectivity index is 1.65. The highest BCUT2D eigenvalue weighted by Crippen LogP contribution is 2.29. The molecule has 1 aliphatic rings. The molecule has 0 bridgehead atoms. The summed E-state index contributed by atoms with van der Waals surface area (Å²) in [5.41, 5.74) is 0.615. The second kappa shape index (κ2) is 6.19. The first-order valence-corrected chi connectivity index (χ1v) is 8.47. The summed E-state index contributed by atoms with van der Waals surface area (Å²) in [6.45, 7) is 2.84. The van der Waals surface area contributed by atoms with E-state index < -0.39 is 0 Å². The van der Waals surface area contributed by atoms with E-state index >= 15 is 0 Å². The van der Waals surface area contributed by atoms with Crippen LogP contribution in [0.5, 0.6) is 0 Å². The minimum atomic E-state index is -0.135. The highest BCUT2D eigenvalue weighted by molar-refractivity contribution is 5.76. The van der Waals surface area contributed by atoms with E-state index in [1.807, 2.05) is 22.6 Å². The molecule has 3 aromatic rings. The van der Waals surface area contributed by atoms with E-state index in [2.05, 4.69) is 15.0 Å². The van der Waals surface area contributed by atoms with Gasteiger partial charge in [-0.3, -0.25) is 14.0 Å². The third-order valence-corrected chi connectivity index (χ3v) is 4.82. The fourth-order valence-corrected chi connectivity index (χ4v) is 3.48. The monoisotopic (exact) mass is 340 g/mol. The number of imidazole rings is 2. The first-order valence-electron chi connectivity index (χ1n) is 8.47. The lowest BCUT2D eigenvalue weighted by Crippen LogP contribution is -2.41. The zero-order valence-electron chi connectivity index (χ0n) is 14.1. The fraction of sp³-hybridized carbons (Fsp3) is 0.412. The van der Waals surface area contributed by atoms with Crippen molar-refractivity contribution >= 4 is 11.7 Å². The highest BCUT2D eigenvalue weighted by atomic mass is 16.2. The van der Waals surface area contributed by atoms with Crippen molar-refractivity contribution < 1.29 is 4.79 Å². The molecule has 3 aromatic heterocycles. The molecule has 1 N–H and O–H groups in total. The Morgan fingerprint density at radius 2 is 2.12 bits per heavy atom. The molecule has 8 heteroatoms. The summed E-state index contributed by atoms with van der Waals surface area (Å²) in [6, 6.07) is 1.45. The average Bonchev–Trinajstić information content (AvgIpc) is 3.24. The molecule has 8 nitrogen and oxygen atoms in total. The number of fused-ring (bicyclic) bond motifs is 1. The largest absolute Gasteiger partial charge is 0.333 e. The van der Waals surface area contributed by atoms with Crippen LogP contribution >= 0.6 is 0 Å². The summed E-state index contributed by atoms with van der Waals surface area (Å²) in [6.07, 6.45) is 9.56. The SMILES string of the molecule is Cc1nccn1CC(=O)N1CCCC[C@@H]1c1cc(=O)n2ccnc2[nH]1. The zero-order valence-corrected chi connectivity index (χ0v) is 14.1. The van der Waals surface area contributed by atoms with Crippen molar-refractivity contribution in [3.05, 3.63) is 52.7 Å². The Kier molecular flexibility index (Phi) is 3.87. The van der Waals surface area contributed by atoms with Gasteiger partial charge in [-0.2, -0.15) is 0 Å². The molecule has 1 fully saturated rings. The van der Waals surface area contributed by atoms with Gasteiger partial charge in [0, 0.05) is 43.1 Å². The number of aryl methyl sites for hydroxylation is 1. The lowest BCUT2D eigenvalue weighted by molar-refractivity contribution is -0.135. The molecule has 0 radical (unpaired) electrons. The molecular formula is C17H20N6O2. The smallest absolute Gasteiger partial charge is 0.259 e. The first kappa shape index (κ1) is 15.6. The topological polar surface area (TPSA) is 88.3 Å². The first-order chi connectivity index (χ1) is 12.1. The number of carbonyl (C=O) groups is 1. The van der Waals surface area contributed by atoms with Crippen LogP contribution in [0.3, 0.4) is 0 Å². The molecule has 1 atom stereocenters. The van der Waals surface area contributed by atoms with Crippen LogP contribution in [0.4, 0.5) is 0 Å². The Morgan fingerprint density at radius 3 is 2.92 bits per heavy atom. The van der Waals surface area contributed by atoms with Crippen molar-refractivity contribution in [1.82, 2.24) is 28.8 Å². The Hall–Kier alpha value is -2.90. The second-order valence-electron chi connectivity index (χ2n) is 6.38. The summed E-state index contributed by atoms with van der Waals surface area (Å²) in [4.78, 5) is 38.5. The summed E-state index contributed by atoms with van der Waals surface area (Å²) < 4.78 is 3.31. The van der Waals surface area contributed by atoms with Gasteiger partial charge in [0.15, 0.2) is 0 Å². The van der Waals surface area contributed by atoms with Crippen molar-refractivity contribution in [2.75, 3.05) is 6.54 Å².